The molecule has 0 aromatic heterocycles. The molecule has 1 aliphatic heterocycles. The van der Waals surface area contributed by atoms with Crippen LogP contribution in [0, 0.1) is 5.92 Å². The molecule has 1 aliphatic rings. The zero-order chi connectivity index (χ0) is 19.6. The maximum Gasteiger partial charge on any atom is 0.238 e. The van der Waals surface area contributed by atoms with Crippen LogP contribution in [0.3, 0.4) is 0 Å². The number of primary sulfonamides is 1. The average molecular weight is 389 g/mol. The molecule has 0 radical (unpaired) electrons. The Hall–Kier alpha value is -2.91. The average Bonchev–Trinajstić information content (AvgIpc) is 3.03. The van der Waals surface area contributed by atoms with Crippen molar-refractivity contribution in [2.45, 2.75) is 11.3 Å². The van der Waals surface area contributed by atoms with Gasteiger partial charge in [-0.2, -0.15) is 0 Å². The van der Waals surface area contributed by atoms with Gasteiger partial charge in [0.1, 0.15) is 5.75 Å². The van der Waals surface area contributed by atoms with Crippen molar-refractivity contribution in [1.29, 1.82) is 0 Å². The third-order valence-corrected chi connectivity index (χ3v) is 5.23. The minimum atomic E-state index is -3.93. The molecular weight excluding hydrogens is 370 g/mol. The van der Waals surface area contributed by atoms with Crippen LogP contribution in [-0.4, -0.2) is 33.9 Å². The molecule has 27 heavy (non-hydrogen) atoms. The molecule has 1 fully saturated rings. The molecule has 3 rings (SSSR count). The van der Waals surface area contributed by atoms with E-state index >= 15 is 0 Å². The monoisotopic (exact) mass is 389 g/mol. The predicted molar refractivity (Wildman–Crippen MR) is 99.9 cm³/mol. The van der Waals surface area contributed by atoms with Gasteiger partial charge in [0.25, 0.3) is 0 Å². The highest BCUT2D eigenvalue weighted by Crippen LogP contribution is 2.30. The molecule has 0 aliphatic carbocycles. The van der Waals surface area contributed by atoms with Crippen LogP contribution in [0.25, 0.3) is 0 Å². The van der Waals surface area contributed by atoms with E-state index in [1.807, 2.05) is 18.2 Å². The Morgan fingerprint density at radius 2 is 1.93 bits per heavy atom. The lowest BCUT2D eigenvalue weighted by atomic mass is 10.1. The molecule has 2 aromatic rings. The zero-order valence-electron chi connectivity index (χ0n) is 14.6. The fourth-order valence-electron chi connectivity index (χ4n) is 2.94. The summed E-state index contributed by atoms with van der Waals surface area (Å²) >= 11 is 0. The molecule has 8 nitrogen and oxygen atoms in total. The lowest BCUT2D eigenvalue weighted by Gasteiger charge is -2.17. The first-order valence-corrected chi connectivity index (χ1v) is 9.71. The lowest BCUT2D eigenvalue weighted by molar-refractivity contribution is -0.122. The molecule has 1 atom stereocenters. The van der Waals surface area contributed by atoms with Crippen molar-refractivity contribution in [2.75, 3.05) is 23.9 Å². The number of nitrogens with two attached hydrogens (primary N) is 1. The van der Waals surface area contributed by atoms with E-state index in [0.717, 1.165) is 5.69 Å². The Labute approximate surface area is 157 Å². The number of para-hydroxylation sites is 1. The topological polar surface area (TPSA) is 119 Å². The smallest absolute Gasteiger partial charge is 0.238 e. The molecule has 9 heteroatoms. The van der Waals surface area contributed by atoms with Gasteiger partial charge in [0.15, 0.2) is 0 Å². The van der Waals surface area contributed by atoms with Gasteiger partial charge in [0, 0.05) is 18.7 Å². The van der Waals surface area contributed by atoms with Crippen molar-refractivity contribution in [2.24, 2.45) is 11.1 Å². The summed E-state index contributed by atoms with van der Waals surface area (Å²) in [6, 6.07) is 13.0. The van der Waals surface area contributed by atoms with E-state index in [1.54, 1.807) is 17.0 Å². The summed E-state index contributed by atoms with van der Waals surface area (Å²) in [7, 11) is -2.53. The summed E-state index contributed by atoms with van der Waals surface area (Å²) in [5.41, 5.74) is 0.909. The number of rotatable bonds is 5. The standard InChI is InChI=1S/C18H19N3O5S/c1-26-16-8-7-14(27(19,24)25)10-15(16)20-18(23)12-9-17(22)21(11-12)13-5-3-2-4-6-13/h2-8,10,12H,9,11H2,1H3,(H,20,23)(H2,19,24,25). The first-order valence-electron chi connectivity index (χ1n) is 8.16. The van der Waals surface area contributed by atoms with E-state index in [9.17, 15) is 18.0 Å². The van der Waals surface area contributed by atoms with E-state index in [4.69, 9.17) is 9.88 Å². The van der Waals surface area contributed by atoms with Gasteiger partial charge in [-0.15, -0.1) is 0 Å². The van der Waals surface area contributed by atoms with Crippen LogP contribution in [0.15, 0.2) is 53.4 Å². The number of anilines is 2. The first-order chi connectivity index (χ1) is 12.8. The van der Waals surface area contributed by atoms with Crippen LogP contribution in [0.2, 0.25) is 0 Å². The Balaban J connectivity index is 1.79. The van der Waals surface area contributed by atoms with Crippen LogP contribution < -0.4 is 20.1 Å². The highest BCUT2D eigenvalue weighted by molar-refractivity contribution is 7.89. The van der Waals surface area contributed by atoms with Gasteiger partial charge in [0.2, 0.25) is 21.8 Å². The van der Waals surface area contributed by atoms with Crippen molar-refractivity contribution >= 4 is 33.2 Å². The van der Waals surface area contributed by atoms with Gasteiger partial charge in [-0.25, -0.2) is 13.6 Å². The number of sulfonamides is 1. The van der Waals surface area contributed by atoms with Crippen molar-refractivity contribution < 1.29 is 22.7 Å². The number of nitrogens with one attached hydrogen (secondary N) is 1. The fourth-order valence-corrected chi connectivity index (χ4v) is 3.48. The summed E-state index contributed by atoms with van der Waals surface area (Å²) < 4.78 is 28.2. The second-order valence-electron chi connectivity index (χ2n) is 6.14. The number of nitrogens with zero attached hydrogens (tertiary/aromatic N) is 1. The van der Waals surface area contributed by atoms with Gasteiger partial charge in [0.05, 0.1) is 23.6 Å². The highest BCUT2D eigenvalue weighted by Gasteiger charge is 2.35. The van der Waals surface area contributed by atoms with Crippen LogP contribution in [0.4, 0.5) is 11.4 Å². The highest BCUT2D eigenvalue weighted by atomic mass is 32.2. The summed E-state index contributed by atoms with van der Waals surface area (Å²) in [5.74, 6) is -0.821. The van der Waals surface area contributed by atoms with E-state index in [0.29, 0.717) is 5.75 Å². The van der Waals surface area contributed by atoms with Crippen LogP contribution in [-0.2, 0) is 19.6 Å². The number of ether oxygens (including phenoxy) is 1. The maximum atomic E-state index is 12.6. The quantitative estimate of drug-likeness (QED) is 0.800. The molecule has 0 saturated carbocycles. The van der Waals surface area contributed by atoms with E-state index in [-0.39, 0.29) is 29.5 Å². The lowest BCUT2D eigenvalue weighted by Crippen LogP contribution is -2.28. The predicted octanol–water partition coefficient (Wildman–Crippen LogP) is 1.33. The minimum absolute atomic E-state index is 0.0674. The summed E-state index contributed by atoms with van der Waals surface area (Å²) in [6.07, 6.45) is 0.0674. The maximum absolute atomic E-state index is 12.6. The largest absolute Gasteiger partial charge is 0.495 e. The number of hydrogen-bond acceptors (Lipinski definition) is 5. The molecule has 2 amide bonds. The van der Waals surface area contributed by atoms with Crippen LogP contribution in [0.1, 0.15) is 6.42 Å². The normalized spacial score (nSPS) is 17.0. The first kappa shape index (κ1) is 18.9. The van der Waals surface area contributed by atoms with Gasteiger partial charge >= 0.3 is 0 Å². The van der Waals surface area contributed by atoms with Crippen molar-refractivity contribution in [3.63, 3.8) is 0 Å². The van der Waals surface area contributed by atoms with Gasteiger partial charge < -0.3 is 15.0 Å². The van der Waals surface area contributed by atoms with Crippen molar-refractivity contribution in [3.05, 3.63) is 48.5 Å². The second kappa shape index (κ2) is 7.37. The molecule has 0 spiro atoms. The summed E-state index contributed by atoms with van der Waals surface area (Å²) in [4.78, 5) is 26.3. The van der Waals surface area contributed by atoms with Crippen molar-refractivity contribution in [3.8, 4) is 5.75 Å². The summed E-state index contributed by atoms with van der Waals surface area (Å²) in [6.45, 7) is 0.242. The SMILES string of the molecule is COc1ccc(S(N)(=O)=O)cc1NC(=O)C1CC(=O)N(c2ccccc2)C1. The molecule has 1 heterocycles. The number of carbonyl (C=O) groups is 2. The molecule has 2 aromatic carbocycles. The number of amides is 2. The van der Waals surface area contributed by atoms with Crippen LogP contribution in [0.5, 0.6) is 5.75 Å². The molecule has 1 unspecified atom stereocenters. The molecule has 1 saturated heterocycles. The number of methoxy groups -OCH3 is 1. The molecule has 0 bridgehead atoms. The number of benzene rings is 2. The second-order valence-corrected chi connectivity index (χ2v) is 7.70. The minimum Gasteiger partial charge on any atom is -0.495 e. The van der Waals surface area contributed by atoms with E-state index < -0.39 is 21.8 Å². The Bertz CT molecular complexity index is 976. The Morgan fingerprint density at radius 3 is 2.56 bits per heavy atom. The number of carbonyl (C=O) groups excluding carboxylic acids is 2. The van der Waals surface area contributed by atoms with E-state index in [1.165, 1.54) is 25.3 Å². The number of hydrogen-bond donors (Lipinski definition) is 2. The van der Waals surface area contributed by atoms with E-state index in [2.05, 4.69) is 5.32 Å². The molecule has 3 N–H and O–H groups in total. The van der Waals surface area contributed by atoms with Gasteiger partial charge in [-0.3, -0.25) is 9.59 Å². The zero-order valence-corrected chi connectivity index (χ0v) is 15.4. The van der Waals surface area contributed by atoms with Crippen LogP contribution >= 0.6 is 0 Å². The fraction of sp³-hybridized carbons (Fsp3) is 0.222. The summed E-state index contributed by atoms with van der Waals surface area (Å²) in [5, 5.41) is 7.78. The molecular formula is C18H19N3O5S. The van der Waals surface area contributed by atoms with Crippen molar-refractivity contribution in [1.82, 2.24) is 0 Å². The third kappa shape index (κ3) is 4.09. The molecule has 142 valence electrons. The Morgan fingerprint density at radius 1 is 1.22 bits per heavy atom. The third-order valence-electron chi connectivity index (χ3n) is 4.32. The van der Waals surface area contributed by atoms with Gasteiger partial charge in [-0.1, -0.05) is 18.2 Å². The Kier molecular flexibility index (Phi) is 5.15. The van der Waals surface area contributed by atoms with Gasteiger partial charge in [-0.05, 0) is 30.3 Å².